The van der Waals surface area contributed by atoms with Gasteiger partial charge < -0.3 is 0 Å². The van der Waals surface area contributed by atoms with Crippen molar-refractivity contribution >= 4 is 11.9 Å². The van der Waals surface area contributed by atoms with E-state index in [1.807, 2.05) is 12.3 Å². The maximum atomic E-state index is 12.5. The topological polar surface area (TPSA) is 41.5 Å². The number of hydrazone groups is 1. The number of nitrogens with one attached hydrogen (secondary N) is 1. The zero-order valence-corrected chi connectivity index (χ0v) is 6.88. The van der Waals surface area contributed by atoms with Crippen LogP contribution in [0, 0.1) is 0 Å². The Hall–Kier alpha value is -1.45. The summed E-state index contributed by atoms with van der Waals surface area (Å²) in [6.45, 7) is 5.05. The molecule has 0 aromatic rings. The van der Waals surface area contributed by atoms with Crippen molar-refractivity contribution in [2.45, 2.75) is 13.3 Å². The average Bonchev–Trinajstić information content (AvgIpc) is 2.10. The standard InChI is InChI=1S/C8H11FN2O/c1-3-5-6-7(9)10-11-8(12)4-2/h4-6H,2-3H2,1H3,(H,11,12)/b6-5-,10-7+. The maximum absolute atomic E-state index is 12.5. The van der Waals surface area contributed by atoms with Crippen molar-refractivity contribution in [1.29, 1.82) is 0 Å². The van der Waals surface area contributed by atoms with E-state index in [0.717, 1.165) is 12.5 Å². The molecular formula is C8H11FN2O. The van der Waals surface area contributed by atoms with Crippen molar-refractivity contribution < 1.29 is 9.18 Å². The van der Waals surface area contributed by atoms with Crippen molar-refractivity contribution in [3.05, 3.63) is 24.8 Å². The zero-order valence-electron chi connectivity index (χ0n) is 6.88. The molecule has 0 aliphatic rings. The summed E-state index contributed by atoms with van der Waals surface area (Å²) < 4.78 is 12.5. The van der Waals surface area contributed by atoms with Gasteiger partial charge in [0, 0.05) is 0 Å². The largest absolute Gasteiger partial charge is 0.268 e. The van der Waals surface area contributed by atoms with Crippen LogP contribution < -0.4 is 5.43 Å². The summed E-state index contributed by atoms with van der Waals surface area (Å²) in [6, 6.07) is 0. The fraction of sp³-hybridized carbons (Fsp3) is 0.250. The van der Waals surface area contributed by atoms with E-state index in [1.54, 1.807) is 6.08 Å². The third-order valence-electron chi connectivity index (χ3n) is 0.949. The monoisotopic (exact) mass is 170 g/mol. The molecular weight excluding hydrogens is 159 g/mol. The molecule has 0 heterocycles. The Morgan fingerprint density at radius 1 is 1.75 bits per heavy atom. The van der Waals surface area contributed by atoms with E-state index in [9.17, 15) is 9.18 Å². The second kappa shape index (κ2) is 6.27. The van der Waals surface area contributed by atoms with Gasteiger partial charge in [-0.3, -0.25) is 4.79 Å². The minimum atomic E-state index is -0.730. The predicted octanol–water partition coefficient (Wildman–Crippen LogP) is 1.54. The maximum Gasteiger partial charge on any atom is 0.263 e. The molecule has 0 fully saturated rings. The molecule has 0 aliphatic carbocycles. The molecule has 0 unspecified atom stereocenters. The second-order valence-electron chi connectivity index (χ2n) is 1.93. The normalized spacial score (nSPS) is 11.7. The van der Waals surface area contributed by atoms with Gasteiger partial charge in [0.25, 0.3) is 5.91 Å². The molecule has 1 N–H and O–H groups in total. The van der Waals surface area contributed by atoms with Crippen LogP contribution in [0.3, 0.4) is 0 Å². The van der Waals surface area contributed by atoms with E-state index in [0.29, 0.717) is 0 Å². The second-order valence-corrected chi connectivity index (χ2v) is 1.93. The number of halogens is 1. The molecule has 0 aromatic heterocycles. The average molecular weight is 170 g/mol. The van der Waals surface area contributed by atoms with Crippen LogP contribution >= 0.6 is 0 Å². The van der Waals surface area contributed by atoms with Gasteiger partial charge in [-0.15, -0.1) is 5.10 Å². The van der Waals surface area contributed by atoms with Crippen LogP contribution in [-0.4, -0.2) is 11.9 Å². The quantitative estimate of drug-likeness (QED) is 0.388. The molecule has 0 radical (unpaired) electrons. The highest BCUT2D eigenvalue weighted by Gasteiger charge is 1.91. The van der Waals surface area contributed by atoms with Gasteiger partial charge in [0.1, 0.15) is 0 Å². The molecule has 0 saturated heterocycles. The van der Waals surface area contributed by atoms with Gasteiger partial charge in [-0.25, -0.2) is 5.43 Å². The summed E-state index contributed by atoms with van der Waals surface area (Å²) in [5, 5.41) is 3.12. The fourth-order valence-electron chi connectivity index (χ4n) is 0.407. The summed E-state index contributed by atoms with van der Waals surface area (Å²) in [5.41, 5.74) is 1.95. The molecule has 0 aliphatic heterocycles. The Bertz CT molecular complexity index is 221. The molecule has 3 nitrogen and oxygen atoms in total. The Morgan fingerprint density at radius 3 is 2.92 bits per heavy atom. The van der Waals surface area contributed by atoms with Crippen molar-refractivity contribution in [1.82, 2.24) is 5.43 Å². The number of rotatable bonds is 4. The lowest BCUT2D eigenvalue weighted by Crippen LogP contribution is -2.14. The highest BCUT2D eigenvalue weighted by atomic mass is 19.1. The first-order valence-corrected chi connectivity index (χ1v) is 3.52. The van der Waals surface area contributed by atoms with Crippen molar-refractivity contribution in [2.75, 3.05) is 0 Å². The van der Waals surface area contributed by atoms with Crippen LogP contribution in [0.25, 0.3) is 0 Å². The number of allylic oxidation sites excluding steroid dienone is 2. The summed E-state index contributed by atoms with van der Waals surface area (Å²) in [5.74, 6) is -1.26. The lowest BCUT2D eigenvalue weighted by molar-refractivity contribution is -0.116. The van der Waals surface area contributed by atoms with E-state index >= 15 is 0 Å². The van der Waals surface area contributed by atoms with E-state index < -0.39 is 11.9 Å². The lowest BCUT2D eigenvalue weighted by atomic mass is 10.4. The predicted molar refractivity (Wildman–Crippen MR) is 46.3 cm³/mol. The first-order valence-electron chi connectivity index (χ1n) is 3.52. The Labute approximate surface area is 70.7 Å². The fourth-order valence-corrected chi connectivity index (χ4v) is 0.407. The number of amides is 1. The Morgan fingerprint density at radius 2 is 2.42 bits per heavy atom. The minimum Gasteiger partial charge on any atom is -0.268 e. The van der Waals surface area contributed by atoms with Crippen LogP contribution in [0.2, 0.25) is 0 Å². The molecule has 0 saturated carbocycles. The summed E-state index contributed by atoms with van der Waals surface area (Å²) in [7, 11) is 0. The lowest BCUT2D eigenvalue weighted by Gasteiger charge is -1.90. The zero-order chi connectivity index (χ0) is 9.40. The van der Waals surface area contributed by atoms with Crippen molar-refractivity contribution in [3.8, 4) is 0 Å². The van der Waals surface area contributed by atoms with Gasteiger partial charge in [-0.05, 0) is 18.6 Å². The van der Waals surface area contributed by atoms with Crippen LogP contribution in [0.15, 0.2) is 29.9 Å². The van der Waals surface area contributed by atoms with Crippen LogP contribution in [0.4, 0.5) is 4.39 Å². The van der Waals surface area contributed by atoms with Gasteiger partial charge >= 0.3 is 0 Å². The van der Waals surface area contributed by atoms with E-state index in [4.69, 9.17) is 0 Å². The highest BCUT2D eigenvalue weighted by molar-refractivity contribution is 5.90. The first kappa shape index (κ1) is 10.6. The number of carbonyl (C=O) groups excluding carboxylic acids is 1. The third-order valence-corrected chi connectivity index (χ3v) is 0.949. The summed E-state index contributed by atoms with van der Waals surface area (Å²) in [4.78, 5) is 10.5. The molecule has 0 atom stereocenters. The van der Waals surface area contributed by atoms with Crippen LogP contribution in [0.1, 0.15) is 13.3 Å². The van der Waals surface area contributed by atoms with E-state index in [2.05, 4.69) is 11.7 Å². The summed E-state index contributed by atoms with van der Waals surface area (Å²) >= 11 is 0. The van der Waals surface area contributed by atoms with Gasteiger partial charge in [0.2, 0.25) is 5.97 Å². The van der Waals surface area contributed by atoms with Gasteiger partial charge in [0.05, 0.1) is 0 Å². The number of nitrogens with zero attached hydrogens (tertiary/aromatic N) is 1. The van der Waals surface area contributed by atoms with Gasteiger partial charge in [-0.1, -0.05) is 19.6 Å². The molecule has 12 heavy (non-hydrogen) atoms. The number of carbonyl (C=O) groups is 1. The molecule has 0 bridgehead atoms. The smallest absolute Gasteiger partial charge is 0.263 e. The molecule has 0 spiro atoms. The number of hydrogen-bond donors (Lipinski definition) is 1. The van der Waals surface area contributed by atoms with Gasteiger partial charge in [-0.2, -0.15) is 4.39 Å². The molecule has 66 valence electrons. The third kappa shape index (κ3) is 5.34. The van der Waals surface area contributed by atoms with Gasteiger partial charge in [0.15, 0.2) is 0 Å². The molecule has 0 rings (SSSR count). The minimum absolute atomic E-state index is 0.532. The highest BCUT2D eigenvalue weighted by Crippen LogP contribution is 1.85. The van der Waals surface area contributed by atoms with Crippen molar-refractivity contribution in [2.24, 2.45) is 5.10 Å². The van der Waals surface area contributed by atoms with E-state index in [-0.39, 0.29) is 0 Å². The number of hydrogen-bond acceptors (Lipinski definition) is 2. The SMILES string of the molecule is C=CC(=O)N/N=C(F)\C=C/CC. The molecule has 0 aromatic carbocycles. The molecule has 1 amide bonds. The molecule has 4 heteroatoms. The summed E-state index contributed by atoms with van der Waals surface area (Å²) in [6.07, 6.45) is 4.51. The Kier molecular flexibility index (Phi) is 5.51. The Balaban J connectivity index is 3.91. The van der Waals surface area contributed by atoms with Crippen LogP contribution in [-0.2, 0) is 4.79 Å². The van der Waals surface area contributed by atoms with E-state index in [1.165, 1.54) is 6.08 Å². The first-order chi connectivity index (χ1) is 5.70. The van der Waals surface area contributed by atoms with Crippen molar-refractivity contribution in [3.63, 3.8) is 0 Å². The van der Waals surface area contributed by atoms with Crippen LogP contribution in [0.5, 0.6) is 0 Å².